The molecule has 0 saturated heterocycles. The Bertz CT molecular complexity index is 529. The zero-order chi connectivity index (χ0) is 18.6. The molecule has 2 atom stereocenters. The maximum Gasteiger partial charge on any atom is 0.412 e. The van der Waals surface area contributed by atoms with E-state index in [-0.39, 0.29) is 26.2 Å². The van der Waals surface area contributed by atoms with Crippen molar-refractivity contribution in [2.75, 3.05) is 26.4 Å². The lowest BCUT2D eigenvalue weighted by Crippen LogP contribution is -2.29. The molecule has 0 N–H and O–H groups in total. The van der Waals surface area contributed by atoms with Crippen LogP contribution in [0.1, 0.15) is 39.2 Å². The predicted molar refractivity (Wildman–Crippen MR) is 99.5 cm³/mol. The summed E-state index contributed by atoms with van der Waals surface area (Å²) in [5.41, 5.74) is 1.08. The standard InChI is InChI=1S/C17H28O6P2/c1-4-21-17(24-18,25(19,22-5-2)23-6-3)13-10-14-20-15-16-11-8-7-9-12-16/h7-9,11-12H,4-6,10,13-15H2,1-3H3/p+1. The van der Waals surface area contributed by atoms with Crippen molar-refractivity contribution in [3.05, 3.63) is 35.9 Å². The highest BCUT2D eigenvalue weighted by molar-refractivity contribution is 7.64. The second-order valence-corrected chi connectivity index (χ2v) is 8.96. The van der Waals surface area contributed by atoms with Gasteiger partial charge in [-0.05, 0) is 32.8 Å². The van der Waals surface area contributed by atoms with Crippen LogP contribution in [0.25, 0.3) is 0 Å². The highest BCUT2D eigenvalue weighted by Crippen LogP contribution is 2.67. The molecule has 0 aromatic heterocycles. The third kappa shape index (κ3) is 6.56. The lowest BCUT2D eigenvalue weighted by molar-refractivity contribution is 0.0366. The van der Waals surface area contributed by atoms with Gasteiger partial charge in [-0.15, -0.1) is 0 Å². The molecule has 25 heavy (non-hydrogen) atoms. The lowest BCUT2D eigenvalue weighted by atomic mass is 10.2. The summed E-state index contributed by atoms with van der Waals surface area (Å²) in [5.74, 6) is 0. The first-order valence-corrected chi connectivity index (χ1v) is 11.1. The summed E-state index contributed by atoms with van der Waals surface area (Å²) in [6.45, 7) is 6.80. The molecule has 8 heteroatoms. The Kier molecular flexibility index (Phi) is 10.7. The maximum atomic E-state index is 13.1. The molecule has 0 saturated carbocycles. The Morgan fingerprint density at radius 3 is 2.20 bits per heavy atom. The molecule has 2 unspecified atom stereocenters. The van der Waals surface area contributed by atoms with Crippen molar-refractivity contribution < 1.29 is 27.7 Å². The van der Waals surface area contributed by atoms with Crippen molar-refractivity contribution in [3.63, 3.8) is 0 Å². The summed E-state index contributed by atoms with van der Waals surface area (Å²) < 4.78 is 47.1. The van der Waals surface area contributed by atoms with E-state index >= 15 is 0 Å². The van der Waals surface area contributed by atoms with Crippen LogP contribution in [-0.4, -0.2) is 31.5 Å². The molecule has 0 spiro atoms. The third-order valence-electron chi connectivity index (χ3n) is 3.50. The molecule has 0 aliphatic rings. The van der Waals surface area contributed by atoms with Gasteiger partial charge in [-0.25, -0.2) is 0 Å². The molecule has 1 rings (SSSR count). The zero-order valence-corrected chi connectivity index (χ0v) is 17.1. The fourth-order valence-electron chi connectivity index (χ4n) is 2.43. The quantitative estimate of drug-likeness (QED) is 0.330. The van der Waals surface area contributed by atoms with Gasteiger partial charge < -0.3 is 18.5 Å². The van der Waals surface area contributed by atoms with Crippen LogP contribution in [0, 0.1) is 0 Å². The first-order valence-electron chi connectivity index (χ1n) is 8.61. The second-order valence-electron chi connectivity index (χ2n) is 5.29. The minimum Gasteiger partial charge on any atom is -0.377 e. The van der Waals surface area contributed by atoms with Crippen LogP contribution in [0.4, 0.5) is 0 Å². The zero-order valence-electron chi connectivity index (χ0n) is 15.2. The molecule has 142 valence electrons. The Labute approximate surface area is 151 Å². The predicted octanol–water partition coefficient (Wildman–Crippen LogP) is 4.96. The van der Waals surface area contributed by atoms with E-state index in [1.165, 1.54) is 0 Å². The summed E-state index contributed by atoms with van der Waals surface area (Å²) >= 11 is 0. The molecule has 1 aromatic rings. The molecule has 0 aliphatic heterocycles. The first-order chi connectivity index (χ1) is 12.1. The van der Waals surface area contributed by atoms with Crippen LogP contribution in [0.2, 0.25) is 0 Å². The normalized spacial score (nSPS) is 14.5. The van der Waals surface area contributed by atoms with Crippen molar-refractivity contribution in [2.24, 2.45) is 0 Å². The van der Waals surface area contributed by atoms with Crippen LogP contribution < -0.4 is 0 Å². The van der Waals surface area contributed by atoms with E-state index in [1.807, 2.05) is 30.3 Å². The topological polar surface area (TPSA) is 71.1 Å². The fraction of sp³-hybridized carbons (Fsp3) is 0.647. The van der Waals surface area contributed by atoms with Crippen LogP contribution in [0.3, 0.4) is 0 Å². The molecule has 0 amide bonds. The van der Waals surface area contributed by atoms with Crippen molar-refractivity contribution >= 4 is 16.1 Å². The van der Waals surface area contributed by atoms with Gasteiger partial charge in [-0.1, -0.05) is 34.9 Å². The summed E-state index contributed by atoms with van der Waals surface area (Å²) in [5, 5.41) is -1.44. The van der Waals surface area contributed by atoms with E-state index in [0.29, 0.717) is 19.6 Å². The van der Waals surface area contributed by atoms with Crippen molar-refractivity contribution in [3.8, 4) is 0 Å². The van der Waals surface area contributed by atoms with E-state index in [2.05, 4.69) is 0 Å². The fourth-order valence-corrected chi connectivity index (χ4v) is 5.63. The van der Waals surface area contributed by atoms with Gasteiger partial charge in [0, 0.05) is 19.6 Å². The van der Waals surface area contributed by atoms with Gasteiger partial charge in [0.25, 0.3) is 0 Å². The molecule has 1 aromatic carbocycles. The van der Waals surface area contributed by atoms with E-state index in [4.69, 9.17) is 18.5 Å². The van der Waals surface area contributed by atoms with Crippen LogP contribution in [0.5, 0.6) is 0 Å². The van der Waals surface area contributed by atoms with Gasteiger partial charge in [0.2, 0.25) is 0 Å². The Balaban J connectivity index is 2.67. The van der Waals surface area contributed by atoms with Gasteiger partial charge in [0.1, 0.15) is 0 Å². The van der Waals surface area contributed by atoms with Crippen molar-refractivity contribution in [1.82, 2.24) is 0 Å². The molecular weight excluding hydrogens is 362 g/mol. The van der Waals surface area contributed by atoms with E-state index in [0.717, 1.165) is 5.56 Å². The van der Waals surface area contributed by atoms with Gasteiger partial charge in [-0.2, -0.15) is 0 Å². The third-order valence-corrected chi connectivity index (χ3v) is 7.74. The average Bonchev–Trinajstić information content (AvgIpc) is 2.61. The van der Waals surface area contributed by atoms with Crippen molar-refractivity contribution in [1.29, 1.82) is 0 Å². The summed E-state index contributed by atoms with van der Waals surface area (Å²) in [6, 6.07) is 9.84. The van der Waals surface area contributed by atoms with Crippen LogP contribution in [-0.2, 0) is 34.3 Å². The molecule has 0 heterocycles. The van der Waals surface area contributed by atoms with Crippen molar-refractivity contribution in [2.45, 2.75) is 45.3 Å². The first kappa shape index (κ1) is 22.4. The average molecular weight is 391 g/mol. The molecule has 0 fully saturated rings. The number of rotatable bonds is 14. The van der Waals surface area contributed by atoms with Gasteiger partial charge >= 0.3 is 21.1 Å². The molecule has 6 nitrogen and oxygen atoms in total. The maximum absolute atomic E-state index is 13.1. The lowest BCUT2D eigenvalue weighted by Gasteiger charge is -2.28. The number of hydrogen-bond acceptors (Lipinski definition) is 6. The van der Waals surface area contributed by atoms with E-state index in [1.54, 1.807) is 20.8 Å². The van der Waals surface area contributed by atoms with Crippen LogP contribution in [0.15, 0.2) is 30.3 Å². The molecule has 0 radical (unpaired) electrons. The Morgan fingerprint density at radius 2 is 1.68 bits per heavy atom. The largest absolute Gasteiger partial charge is 0.412 e. The van der Waals surface area contributed by atoms with Crippen LogP contribution >= 0.6 is 16.1 Å². The minimum atomic E-state index is -3.66. The molecular formula is C17H29O6P2+. The second kappa shape index (κ2) is 11.9. The van der Waals surface area contributed by atoms with Gasteiger partial charge in [0.15, 0.2) is 0 Å². The monoisotopic (exact) mass is 391 g/mol. The molecule has 0 bridgehead atoms. The summed E-state index contributed by atoms with van der Waals surface area (Å²) in [6.07, 6.45) is 0.807. The minimum absolute atomic E-state index is 0.196. The number of hydrogen-bond donors (Lipinski definition) is 0. The molecule has 0 aliphatic carbocycles. The van der Waals surface area contributed by atoms with E-state index < -0.39 is 21.1 Å². The highest BCUT2D eigenvalue weighted by Gasteiger charge is 2.60. The Morgan fingerprint density at radius 1 is 1.04 bits per heavy atom. The van der Waals surface area contributed by atoms with Gasteiger partial charge in [0.05, 0.1) is 19.8 Å². The highest BCUT2D eigenvalue weighted by atomic mass is 31.2. The number of benzene rings is 1. The van der Waals surface area contributed by atoms with Gasteiger partial charge in [-0.3, -0.25) is 4.57 Å². The Hall–Kier alpha value is -0.610. The number of ether oxygens (including phenoxy) is 2. The van der Waals surface area contributed by atoms with E-state index in [9.17, 15) is 9.13 Å². The summed E-state index contributed by atoms with van der Waals surface area (Å²) in [4.78, 5) is 0. The summed E-state index contributed by atoms with van der Waals surface area (Å²) in [7, 11) is -4.62. The smallest absolute Gasteiger partial charge is 0.377 e. The SMILES string of the molecule is CCOC(CCCOCc1ccccc1)([PH+]=O)P(=O)(OCC)OCC.